The van der Waals surface area contributed by atoms with Gasteiger partial charge in [-0.25, -0.2) is 9.18 Å². The molecule has 0 unspecified atom stereocenters. The summed E-state index contributed by atoms with van der Waals surface area (Å²) < 4.78 is 19.0. The Labute approximate surface area is 112 Å². The lowest BCUT2D eigenvalue weighted by Crippen LogP contribution is -2.09. The van der Waals surface area contributed by atoms with Crippen molar-refractivity contribution in [3.63, 3.8) is 0 Å². The van der Waals surface area contributed by atoms with Crippen molar-refractivity contribution < 1.29 is 13.9 Å². The lowest BCUT2D eigenvalue weighted by molar-refractivity contribution is 0.0520. The Kier molecular flexibility index (Phi) is 3.66. The molecule has 2 rings (SSSR count). The topological polar surface area (TPSA) is 83.0 Å². The molecule has 0 saturated heterocycles. The number of nitrogen functional groups attached to an aromatic ring is 1. The summed E-state index contributed by atoms with van der Waals surface area (Å²) in [5.74, 6) is -1.23. The second-order valence-corrected chi connectivity index (χ2v) is 3.96. The molecule has 100 valence electrons. The van der Waals surface area contributed by atoms with Gasteiger partial charge in [0, 0.05) is 0 Å². The summed E-state index contributed by atoms with van der Waals surface area (Å²) in [5.41, 5.74) is 6.06. The zero-order valence-electron chi connectivity index (χ0n) is 9.93. The molecule has 8 heteroatoms. The van der Waals surface area contributed by atoms with Crippen molar-refractivity contribution in [3.05, 3.63) is 34.7 Å². The molecule has 0 saturated carbocycles. The Hall–Kier alpha value is -2.15. The number of esters is 1. The first-order valence-corrected chi connectivity index (χ1v) is 5.76. The molecule has 0 atom stereocenters. The van der Waals surface area contributed by atoms with Crippen LogP contribution < -0.4 is 5.73 Å². The maximum atomic E-state index is 13.1. The molecule has 1 aromatic heterocycles. The Morgan fingerprint density at radius 2 is 2.32 bits per heavy atom. The average molecular weight is 285 g/mol. The van der Waals surface area contributed by atoms with Crippen molar-refractivity contribution in [2.24, 2.45) is 0 Å². The van der Waals surface area contributed by atoms with Crippen molar-refractivity contribution in [3.8, 4) is 5.69 Å². The zero-order valence-corrected chi connectivity index (χ0v) is 10.7. The smallest absolute Gasteiger partial charge is 0.362 e. The van der Waals surface area contributed by atoms with Gasteiger partial charge in [0.2, 0.25) is 5.69 Å². The predicted molar refractivity (Wildman–Crippen MR) is 66.7 cm³/mol. The van der Waals surface area contributed by atoms with Crippen LogP contribution in [-0.4, -0.2) is 27.6 Å². The third-order valence-electron chi connectivity index (χ3n) is 2.32. The maximum absolute atomic E-state index is 13.1. The number of nitrogens with zero attached hydrogens (tertiary/aromatic N) is 3. The van der Waals surface area contributed by atoms with Gasteiger partial charge in [-0.05, 0) is 25.1 Å². The van der Waals surface area contributed by atoms with Gasteiger partial charge in [-0.3, -0.25) is 0 Å². The number of carbonyl (C=O) groups excluding carboxylic acids is 1. The molecule has 0 fully saturated rings. The van der Waals surface area contributed by atoms with Gasteiger partial charge in [0.15, 0.2) is 5.82 Å². The number of halogens is 2. The summed E-state index contributed by atoms with van der Waals surface area (Å²) in [6.07, 6.45) is 0. The minimum absolute atomic E-state index is 0.00104. The first kappa shape index (κ1) is 13.3. The maximum Gasteiger partial charge on any atom is 0.362 e. The molecule has 0 aliphatic heterocycles. The summed E-state index contributed by atoms with van der Waals surface area (Å²) in [5, 5.41) is 7.28. The monoisotopic (exact) mass is 284 g/mol. The van der Waals surface area contributed by atoms with Crippen LogP contribution in [0.25, 0.3) is 5.69 Å². The SMILES string of the molecule is CCOC(=O)c1nnn(-c2ccc(F)c(Cl)c2)c1N. The lowest BCUT2D eigenvalue weighted by Gasteiger charge is -2.04. The third kappa shape index (κ3) is 2.50. The van der Waals surface area contributed by atoms with Gasteiger partial charge >= 0.3 is 5.97 Å². The second kappa shape index (κ2) is 5.23. The lowest BCUT2D eigenvalue weighted by atomic mass is 10.3. The minimum atomic E-state index is -0.667. The van der Waals surface area contributed by atoms with E-state index in [1.807, 2.05) is 0 Å². The van der Waals surface area contributed by atoms with E-state index in [1.54, 1.807) is 6.92 Å². The fourth-order valence-electron chi connectivity index (χ4n) is 1.44. The fourth-order valence-corrected chi connectivity index (χ4v) is 1.62. The van der Waals surface area contributed by atoms with Crippen molar-refractivity contribution in [2.75, 3.05) is 12.3 Å². The first-order valence-electron chi connectivity index (χ1n) is 5.38. The average Bonchev–Trinajstić information content (AvgIpc) is 2.75. The van der Waals surface area contributed by atoms with Crippen LogP contribution in [-0.2, 0) is 4.74 Å². The number of carbonyl (C=O) groups is 1. The summed E-state index contributed by atoms with van der Waals surface area (Å²) in [4.78, 5) is 11.5. The molecular weight excluding hydrogens is 275 g/mol. The number of nitrogens with two attached hydrogens (primary N) is 1. The summed E-state index contributed by atoms with van der Waals surface area (Å²) in [6, 6.07) is 3.92. The van der Waals surface area contributed by atoms with Gasteiger partial charge in [-0.2, -0.15) is 4.68 Å². The molecule has 0 amide bonds. The van der Waals surface area contributed by atoms with Crippen molar-refractivity contribution in [1.29, 1.82) is 0 Å². The van der Waals surface area contributed by atoms with Crippen molar-refractivity contribution in [2.45, 2.75) is 6.92 Å². The second-order valence-electron chi connectivity index (χ2n) is 3.55. The Balaban J connectivity index is 2.41. The molecule has 0 aliphatic carbocycles. The highest BCUT2D eigenvalue weighted by Gasteiger charge is 2.19. The van der Waals surface area contributed by atoms with Crippen molar-refractivity contribution in [1.82, 2.24) is 15.0 Å². The molecule has 0 bridgehead atoms. The Bertz CT molecular complexity index is 629. The molecule has 0 aliphatic rings. The molecule has 0 spiro atoms. The number of rotatable bonds is 3. The number of benzene rings is 1. The van der Waals surface area contributed by atoms with Crippen LogP contribution in [0.4, 0.5) is 10.2 Å². The molecular formula is C11H10ClFN4O2. The van der Waals surface area contributed by atoms with Crippen LogP contribution in [0.1, 0.15) is 17.4 Å². The number of hydrogen-bond acceptors (Lipinski definition) is 5. The summed E-state index contributed by atoms with van der Waals surface area (Å²) in [7, 11) is 0. The fraction of sp³-hybridized carbons (Fsp3) is 0.182. The first-order chi connectivity index (χ1) is 9.04. The van der Waals surface area contributed by atoms with E-state index in [2.05, 4.69) is 10.3 Å². The van der Waals surface area contributed by atoms with Gasteiger partial charge in [-0.15, -0.1) is 5.10 Å². The van der Waals surface area contributed by atoms with Gasteiger partial charge in [0.25, 0.3) is 0 Å². The normalized spacial score (nSPS) is 10.5. The van der Waals surface area contributed by atoms with Crippen LogP contribution in [0.15, 0.2) is 18.2 Å². The van der Waals surface area contributed by atoms with Crippen LogP contribution in [0.5, 0.6) is 0 Å². The van der Waals surface area contributed by atoms with E-state index in [1.165, 1.54) is 22.9 Å². The molecule has 1 heterocycles. The van der Waals surface area contributed by atoms with E-state index >= 15 is 0 Å². The third-order valence-corrected chi connectivity index (χ3v) is 2.61. The van der Waals surface area contributed by atoms with E-state index < -0.39 is 11.8 Å². The molecule has 6 nitrogen and oxygen atoms in total. The number of hydrogen-bond donors (Lipinski definition) is 1. The largest absolute Gasteiger partial charge is 0.461 e. The Morgan fingerprint density at radius 1 is 1.58 bits per heavy atom. The van der Waals surface area contributed by atoms with E-state index in [0.717, 1.165) is 0 Å². The molecule has 2 N–H and O–H groups in total. The van der Waals surface area contributed by atoms with Crippen LogP contribution in [0, 0.1) is 5.82 Å². The number of anilines is 1. The summed E-state index contributed by atoms with van der Waals surface area (Å²) in [6.45, 7) is 1.87. The highest BCUT2D eigenvalue weighted by Crippen LogP contribution is 2.21. The standard InChI is InChI=1S/C11H10ClFN4O2/c1-2-19-11(18)9-10(14)17(16-15-9)6-3-4-8(13)7(12)5-6/h3-5H,2,14H2,1H3. The van der Waals surface area contributed by atoms with Crippen LogP contribution >= 0.6 is 11.6 Å². The predicted octanol–water partition coefficient (Wildman–Crippen LogP) is 1.82. The van der Waals surface area contributed by atoms with Crippen LogP contribution in [0.2, 0.25) is 5.02 Å². The van der Waals surface area contributed by atoms with E-state index in [4.69, 9.17) is 22.1 Å². The Morgan fingerprint density at radius 3 is 2.95 bits per heavy atom. The highest BCUT2D eigenvalue weighted by atomic mass is 35.5. The van der Waals surface area contributed by atoms with Gasteiger partial charge in [0.05, 0.1) is 17.3 Å². The molecule has 19 heavy (non-hydrogen) atoms. The van der Waals surface area contributed by atoms with Gasteiger partial charge < -0.3 is 10.5 Å². The zero-order chi connectivity index (χ0) is 14.0. The summed E-state index contributed by atoms with van der Waals surface area (Å²) >= 11 is 5.67. The van der Waals surface area contributed by atoms with Gasteiger partial charge in [0.1, 0.15) is 5.82 Å². The number of ether oxygens (including phenoxy) is 1. The highest BCUT2D eigenvalue weighted by molar-refractivity contribution is 6.30. The quantitative estimate of drug-likeness (QED) is 0.869. The van der Waals surface area contributed by atoms with E-state index in [0.29, 0.717) is 5.69 Å². The molecule has 2 aromatic rings. The van der Waals surface area contributed by atoms with Crippen molar-refractivity contribution >= 4 is 23.4 Å². The van der Waals surface area contributed by atoms with Gasteiger partial charge in [-0.1, -0.05) is 16.8 Å². The van der Waals surface area contributed by atoms with Crippen LogP contribution in [0.3, 0.4) is 0 Å². The molecule has 1 aromatic carbocycles. The van der Waals surface area contributed by atoms with E-state index in [-0.39, 0.29) is 23.1 Å². The minimum Gasteiger partial charge on any atom is -0.461 e. The molecule has 0 radical (unpaired) electrons. The number of aromatic nitrogens is 3. The van der Waals surface area contributed by atoms with E-state index in [9.17, 15) is 9.18 Å².